The summed E-state index contributed by atoms with van der Waals surface area (Å²) in [5, 5.41) is 4.07. The Hall–Kier alpha value is -1.81. The Balaban J connectivity index is 2.18. The Morgan fingerprint density at radius 2 is 2.11 bits per heavy atom. The van der Waals surface area contributed by atoms with Gasteiger partial charge in [0.25, 0.3) is 0 Å². The van der Waals surface area contributed by atoms with E-state index in [0.29, 0.717) is 12.6 Å². The number of carbonyl (C=O) groups excluding carboxylic acids is 1. The van der Waals surface area contributed by atoms with E-state index in [2.05, 4.69) is 5.32 Å². The number of likely N-dealkylation sites (N-methyl/N-ethyl adjacent to an activating group) is 1. The standard InChI is InChI=1S/C14H18N2O2/c1-10(2)15-8-14(17)16(3)12-9-18-13-7-5-4-6-11(12)13/h4-7,9-10,15H,8H2,1-3H3. The van der Waals surface area contributed by atoms with Gasteiger partial charge in [-0.3, -0.25) is 4.79 Å². The van der Waals surface area contributed by atoms with E-state index in [1.165, 1.54) is 0 Å². The van der Waals surface area contributed by atoms with Crippen LogP contribution in [-0.4, -0.2) is 25.5 Å². The number of anilines is 1. The fourth-order valence-corrected chi connectivity index (χ4v) is 1.77. The molecular formula is C14H18N2O2. The molecule has 0 unspecified atom stereocenters. The predicted molar refractivity (Wildman–Crippen MR) is 72.8 cm³/mol. The Labute approximate surface area is 107 Å². The van der Waals surface area contributed by atoms with E-state index in [0.717, 1.165) is 16.7 Å². The first-order valence-electron chi connectivity index (χ1n) is 6.05. The second kappa shape index (κ2) is 5.23. The number of nitrogens with one attached hydrogen (secondary N) is 1. The van der Waals surface area contributed by atoms with Gasteiger partial charge in [0.1, 0.15) is 11.8 Å². The maximum atomic E-state index is 12.0. The highest BCUT2D eigenvalue weighted by atomic mass is 16.3. The summed E-state index contributed by atoms with van der Waals surface area (Å²) in [6.07, 6.45) is 1.62. The average molecular weight is 246 g/mol. The van der Waals surface area contributed by atoms with Crippen molar-refractivity contribution in [2.75, 3.05) is 18.5 Å². The van der Waals surface area contributed by atoms with Crippen LogP contribution in [0.4, 0.5) is 5.69 Å². The van der Waals surface area contributed by atoms with Gasteiger partial charge in [0.05, 0.1) is 12.2 Å². The van der Waals surface area contributed by atoms with E-state index in [9.17, 15) is 4.79 Å². The molecule has 1 aromatic heterocycles. The molecule has 2 rings (SSSR count). The van der Waals surface area contributed by atoms with Gasteiger partial charge in [0, 0.05) is 18.5 Å². The second-order valence-corrected chi connectivity index (χ2v) is 4.61. The summed E-state index contributed by atoms with van der Waals surface area (Å²) in [5.41, 5.74) is 1.60. The van der Waals surface area contributed by atoms with Gasteiger partial charge in [-0.1, -0.05) is 26.0 Å². The lowest BCUT2D eigenvalue weighted by Gasteiger charge is -2.17. The van der Waals surface area contributed by atoms with Crippen molar-refractivity contribution < 1.29 is 9.21 Å². The molecule has 1 aromatic carbocycles. The fourth-order valence-electron chi connectivity index (χ4n) is 1.77. The molecule has 2 aromatic rings. The third kappa shape index (κ3) is 2.54. The highest BCUT2D eigenvalue weighted by Gasteiger charge is 2.15. The fraction of sp³-hybridized carbons (Fsp3) is 0.357. The van der Waals surface area contributed by atoms with Crippen molar-refractivity contribution in [2.24, 2.45) is 0 Å². The topological polar surface area (TPSA) is 45.5 Å². The smallest absolute Gasteiger partial charge is 0.240 e. The molecule has 0 fully saturated rings. The molecular weight excluding hydrogens is 228 g/mol. The summed E-state index contributed by atoms with van der Waals surface area (Å²) in [4.78, 5) is 13.6. The van der Waals surface area contributed by atoms with Gasteiger partial charge in [-0.05, 0) is 12.1 Å². The van der Waals surface area contributed by atoms with Crippen molar-refractivity contribution in [1.29, 1.82) is 0 Å². The van der Waals surface area contributed by atoms with Crippen molar-refractivity contribution in [2.45, 2.75) is 19.9 Å². The quantitative estimate of drug-likeness (QED) is 0.901. The number of hydrogen-bond donors (Lipinski definition) is 1. The first-order valence-corrected chi connectivity index (χ1v) is 6.05. The van der Waals surface area contributed by atoms with Crippen LogP contribution >= 0.6 is 0 Å². The number of rotatable bonds is 4. The SMILES string of the molecule is CC(C)NCC(=O)N(C)c1coc2ccccc12. The summed E-state index contributed by atoms with van der Waals surface area (Å²) in [7, 11) is 1.77. The van der Waals surface area contributed by atoms with Gasteiger partial charge in [-0.25, -0.2) is 0 Å². The molecule has 0 spiro atoms. The van der Waals surface area contributed by atoms with Crippen LogP contribution in [0.3, 0.4) is 0 Å². The normalized spacial score (nSPS) is 11.1. The summed E-state index contributed by atoms with van der Waals surface area (Å²) < 4.78 is 5.43. The second-order valence-electron chi connectivity index (χ2n) is 4.61. The molecule has 0 saturated carbocycles. The number of fused-ring (bicyclic) bond motifs is 1. The zero-order chi connectivity index (χ0) is 13.1. The number of amides is 1. The van der Waals surface area contributed by atoms with Crippen LogP contribution in [0, 0.1) is 0 Å². The molecule has 0 aliphatic rings. The number of hydrogen-bond acceptors (Lipinski definition) is 3. The Morgan fingerprint density at radius 3 is 2.83 bits per heavy atom. The number of furan rings is 1. The number of para-hydroxylation sites is 1. The highest BCUT2D eigenvalue weighted by Crippen LogP contribution is 2.27. The van der Waals surface area contributed by atoms with Crippen LogP contribution < -0.4 is 10.2 Å². The van der Waals surface area contributed by atoms with Gasteiger partial charge in [-0.15, -0.1) is 0 Å². The summed E-state index contributed by atoms with van der Waals surface area (Å²) >= 11 is 0. The van der Waals surface area contributed by atoms with Crippen molar-refractivity contribution in [3.05, 3.63) is 30.5 Å². The lowest BCUT2D eigenvalue weighted by molar-refractivity contribution is -0.117. The lowest BCUT2D eigenvalue weighted by atomic mass is 10.2. The molecule has 0 aliphatic carbocycles. The monoisotopic (exact) mass is 246 g/mol. The van der Waals surface area contributed by atoms with E-state index in [-0.39, 0.29) is 5.91 Å². The zero-order valence-electron chi connectivity index (χ0n) is 10.9. The predicted octanol–water partition coefficient (Wildman–Crippen LogP) is 2.39. The molecule has 4 nitrogen and oxygen atoms in total. The van der Waals surface area contributed by atoms with Gasteiger partial charge in [0.2, 0.25) is 5.91 Å². The van der Waals surface area contributed by atoms with Crippen LogP contribution in [0.25, 0.3) is 11.0 Å². The summed E-state index contributed by atoms with van der Waals surface area (Å²) in [6, 6.07) is 7.99. The van der Waals surface area contributed by atoms with Gasteiger partial charge >= 0.3 is 0 Å². The van der Waals surface area contributed by atoms with E-state index in [1.54, 1.807) is 18.2 Å². The van der Waals surface area contributed by atoms with Crippen molar-refractivity contribution >= 4 is 22.6 Å². The van der Waals surface area contributed by atoms with E-state index in [1.807, 2.05) is 38.1 Å². The summed E-state index contributed by atoms with van der Waals surface area (Å²) in [5.74, 6) is 0.0234. The summed E-state index contributed by atoms with van der Waals surface area (Å²) in [6.45, 7) is 4.36. The van der Waals surface area contributed by atoms with E-state index < -0.39 is 0 Å². The number of benzene rings is 1. The molecule has 18 heavy (non-hydrogen) atoms. The van der Waals surface area contributed by atoms with Gasteiger partial charge < -0.3 is 14.6 Å². The minimum absolute atomic E-state index is 0.0234. The van der Waals surface area contributed by atoms with Crippen molar-refractivity contribution in [3.63, 3.8) is 0 Å². The average Bonchev–Trinajstić information content (AvgIpc) is 2.78. The molecule has 0 radical (unpaired) electrons. The molecule has 4 heteroatoms. The molecule has 1 heterocycles. The third-order valence-electron chi connectivity index (χ3n) is 2.86. The van der Waals surface area contributed by atoms with Gasteiger partial charge in [0.15, 0.2) is 0 Å². The lowest BCUT2D eigenvalue weighted by Crippen LogP contribution is -2.38. The Kier molecular flexibility index (Phi) is 3.67. The minimum atomic E-state index is 0.0234. The molecule has 1 amide bonds. The van der Waals surface area contributed by atoms with Crippen molar-refractivity contribution in [1.82, 2.24) is 5.32 Å². The maximum Gasteiger partial charge on any atom is 0.240 e. The molecule has 96 valence electrons. The highest BCUT2D eigenvalue weighted by molar-refractivity contribution is 6.02. The molecule has 0 atom stereocenters. The van der Waals surface area contributed by atoms with Crippen LogP contribution in [0.15, 0.2) is 34.9 Å². The van der Waals surface area contributed by atoms with Crippen LogP contribution in [-0.2, 0) is 4.79 Å². The molecule has 0 bridgehead atoms. The third-order valence-corrected chi connectivity index (χ3v) is 2.86. The Bertz CT molecular complexity index is 545. The minimum Gasteiger partial charge on any atom is -0.462 e. The van der Waals surface area contributed by atoms with Crippen LogP contribution in [0.2, 0.25) is 0 Å². The largest absolute Gasteiger partial charge is 0.462 e. The van der Waals surface area contributed by atoms with Crippen LogP contribution in [0.1, 0.15) is 13.8 Å². The maximum absolute atomic E-state index is 12.0. The first kappa shape index (κ1) is 12.6. The van der Waals surface area contributed by atoms with Gasteiger partial charge in [-0.2, -0.15) is 0 Å². The van der Waals surface area contributed by atoms with Crippen molar-refractivity contribution in [3.8, 4) is 0 Å². The van der Waals surface area contributed by atoms with E-state index in [4.69, 9.17) is 4.42 Å². The van der Waals surface area contributed by atoms with Crippen LogP contribution in [0.5, 0.6) is 0 Å². The number of nitrogens with zero attached hydrogens (tertiary/aromatic N) is 1. The molecule has 0 saturated heterocycles. The number of carbonyl (C=O) groups is 1. The van der Waals surface area contributed by atoms with E-state index >= 15 is 0 Å². The zero-order valence-corrected chi connectivity index (χ0v) is 10.9. The molecule has 1 N–H and O–H groups in total. The Morgan fingerprint density at radius 1 is 1.39 bits per heavy atom. The first-order chi connectivity index (χ1) is 8.59. The molecule has 0 aliphatic heterocycles.